The lowest BCUT2D eigenvalue weighted by Crippen LogP contribution is -2.58. The number of para-hydroxylation sites is 1. The number of carbonyl (C=O) groups is 2. The number of unbranched alkanes of at least 4 members (excludes halogenated alkanes) is 3. The molecule has 3 fully saturated rings. The third kappa shape index (κ3) is 8.12. The number of piperidine rings is 1. The number of anilines is 1. The van der Waals surface area contributed by atoms with Gasteiger partial charge in [0.2, 0.25) is 5.91 Å². The van der Waals surface area contributed by atoms with Crippen molar-refractivity contribution in [1.29, 1.82) is 0 Å². The number of likely N-dealkylation sites (tertiary alicyclic amines) is 1. The van der Waals surface area contributed by atoms with Crippen molar-refractivity contribution < 1.29 is 27.9 Å². The predicted octanol–water partition coefficient (Wildman–Crippen LogP) is 5.49. The minimum absolute atomic E-state index is 0.357. The van der Waals surface area contributed by atoms with Gasteiger partial charge in [-0.3, -0.25) is 4.79 Å². The number of nitrogens with zero attached hydrogens (tertiary/aromatic N) is 3. The van der Waals surface area contributed by atoms with Crippen molar-refractivity contribution in [3.8, 4) is 0 Å². The monoisotopic (exact) mass is 568 g/mol. The molecular formula is C30H47F3N4O3. The molecule has 10 heteroatoms. The molecule has 2 aliphatic heterocycles. The number of hydrogen-bond donors (Lipinski definition) is 2. The highest BCUT2D eigenvalue weighted by Gasteiger charge is 2.54. The number of hydrogen-bond acceptors (Lipinski definition) is 5. The molecule has 2 saturated heterocycles. The fraction of sp³-hybridized carbons (Fsp3) is 0.733. The van der Waals surface area contributed by atoms with Gasteiger partial charge in [-0.15, -0.1) is 0 Å². The molecule has 226 valence electrons. The number of carboxylic acid groups (broad SMARTS) is 1. The summed E-state index contributed by atoms with van der Waals surface area (Å²) >= 11 is 0. The summed E-state index contributed by atoms with van der Waals surface area (Å²) in [5.74, 6) is -0.672. The van der Waals surface area contributed by atoms with Crippen molar-refractivity contribution in [3.63, 3.8) is 0 Å². The maximum absolute atomic E-state index is 13.8. The number of carbonyl (C=O) groups excluding carboxylic acids is 1. The van der Waals surface area contributed by atoms with Gasteiger partial charge in [0.05, 0.1) is 6.67 Å². The number of carboxylic acids is 1. The standard InChI is InChI=1S/C28H46N4O.C2HF3O2/c1-23(2)24-12-14-25(15-13-24)30-20-16-28(17-21-30)27(33)31(19-9-4-3-8-18-29)22-32(28)26-10-6-5-7-11-26;3-2(4,5)1(6)7/h5-7,10-11,23-25H,3-4,8-9,12-22,29H2,1-2H3;(H,6,7). The lowest BCUT2D eigenvalue weighted by atomic mass is 9.78. The summed E-state index contributed by atoms with van der Waals surface area (Å²) in [5, 5.41) is 7.12. The molecule has 0 aromatic heterocycles. The largest absolute Gasteiger partial charge is 0.490 e. The summed E-state index contributed by atoms with van der Waals surface area (Å²) in [7, 11) is 0. The van der Waals surface area contributed by atoms with Crippen LogP contribution in [0.1, 0.15) is 78.1 Å². The predicted molar refractivity (Wildman–Crippen MR) is 151 cm³/mol. The smallest absolute Gasteiger partial charge is 0.475 e. The molecule has 3 aliphatic rings. The molecule has 1 saturated carbocycles. The molecular weight excluding hydrogens is 521 g/mol. The maximum atomic E-state index is 13.8. The van der Waals surface area contributed by atoms with E-state index in [9.17, 15) is 18.0 Å². The van der Waals surface area contributed by atoms with Crippen LogP contribution in [0, 0.1) is 11.8 Å². The zero-order valence-corrected chi connectivity index (χ0v) is 24.0. The number of amides is 1. The summed E-state index contributed by atoms with van der Waals surface area (Å²) in [6, 6.07) is 11.4. The first-order valence-electron chi connectivity index (χ1n) is 14.9. The molecule has 1 aliphatic carbocycles. The van der Waals surface area contributed by atoms with E-state index in [-0.39, 0.29) is 5.54 Å². The molecule has 1 aromatic rings. The van der Waals surface area contributed by atoms with Crippen LogP contribution in [0.3, 0.4) is 0 Å². The van der Waals surface area contributed by atoms with E-state index in [4.69, 9.17) is 15.6 Å². The van der Waals surface area contributed by atoms with E-state index in [0.717, 1.165) is 82.8 Å². The lowest BCUT2D eigenvalue weighted by molar-refractivity contribution is -0.192. The summed E-state index contributed by atoms with van der Waals surface area (Å²) < 4.78 is 31.7. The summed E-state index contributed by atoms with van der Waals surface area (Å²) in [5.41, 5.74) is 6.48. The van der Waals surface area contributed by atoms with Crippen LogP contribution in [-0.4, -0.2) is 77.4 Å². The average Bonchev–Trinajstić information content (AvgIpc) is 3.20. The number of alkyl halides is 3. The van der Waals surface area contributed by atoms with Crippen LogP contribution in [0.5, 0.6) is 0 Å². The van der Waals surface area contributed by atoms with E-state index < -0.39 is 12.1 Å². The molecule has 40 heavy (non-hydrogen) atoms. The minimum atomic E-state index is -5.08. The Labute approximate surface area is 236 Å². The number of benzene rings is 1. The third-order valence-electron chi connectivity index (χ3n) is 9.03. The van der Waals surface area contributed by atoms with E-state index in [1.165, 1.54) is 37.8 Å². The van der Waals surface area contributed by atoms with Crippen LogP contribution in [-0.2, 0) is 9.59 Å². The third-order valence-corrected chi connectivity index (χ3v) is 9.03. The van der Waals surface area contributed by atoms with Crippen LogP contribution >= 0.6 is 0 Å². The van der Waals surface area contributed by atoms with Crippen molar-refractivity contribution in [3.05, 3.63) is 30.3 Å². The Morgan fingerprint density at radius 2 is 1.60 bits per heavy atom. The highest BCUT2D eigenvalue weighted by atomic mass is 19.4. The van der Waals surface area contributed by atoms with Gasteiger partial charge in [0.25, 0.3) is 0 Å². The zero-order valence-electron chi connectivity index (χ0n) is 24.0. The first-order chi connectivity index (χ1) is 19.0. The molecule has 2 heterocycles. The van der Waals surface area contributed by atoms with Gasteiger partial charge < -0.3 is 25.5 Å². The highest BCUT2D eigenvalue weighted by molar-refractivity contribution is 5.93. The lowest BCUT2D eigenvalue weighted by Gasteiger charge is -2.47. The first kappa shape index (κ1) is 32.2. The average molecular weight is 569 g/mol. The van der Waals surface area contributed by atoms with Gasteiger partial charge in [-0.1, -0.05) is 44.9 Å². The Bertz CT molecular complexity index is 928. The maximum Gasteiger partial charge on any atom is 0.490 e. The molecule has 0 unspecified atom stereocenters. The van der Waals surface area contributed by atoms with Gasteiger partial charge in [0.1, 0.15) is 5.54 Å². The van der Waals surface area contributed by atoms with Crippen molar-refractivity contribution >= 4 is 17.6 Å². The summed E-state index contributed by atoms with van der Waals surface area (Å²) in [6.45, 7) is 9.24. The second kappa shape index (κ2) is 14.5. The van der Waals surface area contributed by atoms with Gasteiger partial charge in [0.15, 0.2) is 0 Å². The van der Waals surface area contributed by atoms with Gasteiger partial charge in [-0.2, -0.15) is 13.2 Å². The van der Waals surface area contributed by atoms with Crippen LogP contribution in [0.4, 0.5) is 18.9 Å². The molecule has 4 rings (SSSR count). The Balaban J connectivity index is 0.000000559. The number of aliphatic carboxylic acids is 1. The number of nitrogens with two attached hydrogens (primary N) is 1. The molecule has 1 aromatic carbocycles. The topological polar surface area (TPSA) is 90.1 Å². The Morgan fingerprint density at radius 3 is 2.12 bits per heavy atom. The van der Waals surface area contributed by atoms with Crippen LogP contribution in [0.15, 0.2) is 30.3 Å². The second-order valence-electron chi connectivity index (χ2n) is 11.9. The van der Waals surface area contributed by atoms with Crippen molar-refractivity contribution in [1.82, 2.24) is 9.80 Å². The van der Waals surface area contributed by atoms with Crippen molar-refractivity contribution in [2.45, 2.75) is 95.8 Å². The zero-order chi connectivity index (χ0) is 29.3. The van der Waals surface area contributed by atoms with Gasteiger partial charge in [-0.25, -0.2) is 4.79 Å². The summed E-state index contributed by atoms with van der Waals surface area (Å²) in [6.07, 6.45) is 6.73. The molecule has 1 spiro atoms. The normalized spacial score (nSPS) is 23.4. The fourth-order valence-corrected chi connectivity index (χ4v) is 6.57. The Kier molecular flexibility index (Phi) is 11.7. The SMILES string of the molecule is CC(C)C1CCC(N2CCC3(CC2)C(=O)N(CCCCCCN)CN3c2ccccc2)CC1.O=C(O)C(F)(F)F. The molecule has 0 bridgehead atoms. The second-order valence-corrected chi connectivity index (χ2v) is 11.9. The van der Waals surface area contributed by atoms with Crippen molar-refractivity contribution in [2.24, 2.45) is 17.6 Å². The Morgan fingerprint density at radius 1 is 1.02 bits per heavy atom. The number of rotatable bonds is 9. The van der Waals surface area contributed by atoms with E-state index >= 15 is 0 Å². The van der Waals surface area contributed by atoms with Crippen LogP contribution in [0.25, 0.3) is 0 Å². The summed E-state index contributed by atoms with van der Waals surface area (Å²) in [4.78, 5) is 30.0. The molecule has 0 atom stereocenters. The van der Waals surface area contributed by atoms with Gasteiger partial charge in [-0.05, 0) is 81.9 Å². The van der Waals surface area contributed by atoms with Crippen LogP contribution < -0.4 is 10.6 Å². The fourth-order valence-electron chi connectivity index (χ4n) is 6.57. The van der Waals surface area contributed by atoms with E-state index in [2.05, 4.69) is 58.9 Å². The van der Waals surface area contributed by atoms with Gasteiger partial charge in [0, 0.05) is 31.4 Å². The minimum Gasteiger partial charge on any atom is -0.475 e. The molecule has 1 amide bonds. The molecule has 3 N–H and O–H groups in total. The highest BCUT2D eigenvalue weighted by Crippen LogP contribution is 2.41. The van der Waals surface area contributed by atoms with E-state index in [1.807, 2.05) is 0 Å². The molecule has 0 radical (unpaired) electrons. The Hall–Kier alpha value is -2.33. The van der Waals surface area contributed by atoms with E-state index in [0.29, 0.717) is 5.91 Å². The van der Waals surface area contributed by atoms with Crippen molar-refractivity contribution in [2.75, 3.05) is 37.7 Å². The van der Waals surface area contributed by atoms with Crippen LogP contribution in [0.2, 0.25) is 0 Å². The first-order valence-corrected chi connectivity index (χ1v) is 14.9. The van der Waals surface area contributed by atoms with Gasteiger partial charge >= 0.3 is 12.1 Å². The number of halogens is 3. The quantitative estimate of drug-likeness (QED) is 0.383. The van der Waals surface area contributed by atoms with E-state index in [1.54, 1.807) is 0 Å². The molecule has 7 nitrogen and oxygen atoms in total.